The first kappa shape index (κ1) is 9.97. The molecule has 0 spiro atoms. The van der Waals surface area contributed by atoms with E-state index in [2.05, 4.69) is 14.7 Å². The Labute approximate surface area is 92.1 Å². The van der Waals surface area contributed by atoms with Gasteiger partial charge < -0.3 is 15.6 Å². The van der Waals surface area contributed by atoms with Crippen molar-refractivity contribution in [3.05, 3.63) is 24.3 Å². The molecule has 0 atom stereocenters. The number of imidazole rings is 1. The van der Waals surface area contributed by atoms with Crippen LogP contribution < -0.4 is 11.1 Å². The van der Waals surface area contributed by atoms with Crippen molar-refractivity contribution in [3.8, 4) is 0 Å². The zero-order valence-corrected chi connectivity index (χ0v) is 9.29. The first-order valence-corrected chi connectivity index (χ1v) is 5.45. The Hall–Kier alpha value is -1.56. The maximum atomic E-state index is 5.51. The molecule has 0 saturated carbocycles. The summed E-state index contributed by atoms with van der Waals surface area (Å²) in [6, 6.07) is 1.84. The summed E-state index contributed by atoms with van der Waals surface area (Å²) in [5.74, 6) is 1.64. The zero-order chi connectivity index (χ0) is 10.7. The van der Waals surface area contributed by atoms with Crippen molar-refractivity contribution in [2.45, 2.75) is 6.42 Å². The third-order valence-electron chi connectivity index (χ3n) is 2.10. The molecule has 0 aliphatic rings. The SMILES string of the molecule is Cn1ccnc1CCNc1cc(N)ns1. The molecule has 0 amide bonds. The molecule has 3 N–H and O–H groups in total. The molecule has 0 saturated heterocycles. The summed E-state index contributed by atoms with van der Waals surface area (Å²) in [5, 5.41) is 4.26. The fourth-order valence-electron chi connectivity index (χ4n) is 1.31. The topological polar surface area (TPSA) is 68.8 Å². The van der Waals surface area contributed by atoms with Gasteiger partial charge in [-0.3, -0.25) is 0 Å². The van der Waals surface area contributed by atoms with Crippen LogP contribution in [0.4, 0.5) is 10.8 Å². The Kier molecular flexibility index (Phi) is 2.86. The van der Waals surface area contributed by atoms with Gasteiger partial charge in [0, 0.05) is 38.5 Å². The summed E-state index contributed by atoms with van der Waals surface area (Å²) in [6.07, 6.45) is 4.64. The molecule has 2 heterocycles. The molecule has 2 aromatic rings. The molecule has 6 heteroatoms. The van der Waals surface area contributed by atoms with Crippen LogP contribution in [0.5, 0.6) is 0 Å². The van der Waals surface area contributed by atoms with Gasteiger partial charge in [-0.2, -0.15) is 4.37 Å². The smallest absolute Gasteiger partial charge is 0.139 e. The van der Waals surface area contributed by atoms with E-state index in [-0.39, 0.29) is 0 Å². The second-order valence-electron chi connectivity index (χ2n) is 3.25. The van der Waals surface area contributed by atoms with Crippen LogP contribution in [0.25, 0.3) is 0 Å². The van der Waals surface area contributed by atoms with Gasteiger partial charge in [0.15, 0.2) is 0 Å². The molecule has 0 aliphatic carbocycles. The molecule has 15 heavy (non-hydrogen) atoms. The van der Waals surface area contributed by atoms with Crippen LogP contribution in [0.3, 0.4) is 0 Å². The number of nitrogens with two attached hydrogens (primary N) is 1. The van der Waals surface area contributed by atoms with E-state index in [9.17, 15) is 0 Å². The maximum absolute atomic E-state index is 5.51. The van der Waals surface area contributed by atoms with Crippen molar-refractivity contribution in [1.82, 2.24) is 13.9 Å². The molecular formula is C9H13N5S. The monoisotopic (exact) mass is 223 g/mol. The van der Waals surface area contributed by atoms with Crippen molar-refractivity contribution < 1.29 is 0 Å². The Morgan fingerprint density at radius 1 is 1.60 bits per heavy atom. The van der Waals surface area contributed by atoms with Crippen LogP contribution in [-0.2, 0) is 13.5 Å². The van der Waals surface area contributed by atoms with Crippen molar-refractivity contribution in [3.63, 3.8) is 0 Å². The second kappa shape index (κ2) is 4.31. The van der Waals surface area contributed by atoms with Crippen LogP contribution in [0, 0.1) is 0 Å². The molecular weight excluding hydrogens is 210 g/mol. The Balaban J connectivity index is 1.83. The summed E-state index contributed by atoms with van der Waals surface area (Å²) in [5.41, 5.74) is 5.51. The highest BCUT2D eigenvalue weighted by Crippen LogP contribution is 2.16. The van der Waals surface area contributed by atoms with Gasteiger partial charge in [0.05, 0.1) is 0 Å². The average Bonchev–Trinajstić information content (AvgIpc) is 2.77. The molecule has 0 fully saturated rings. The minimum atomic E-state index is 0.569. The lowest BCUT2D eigenvalue weighted by molar-refractivity contribution is 0.790. The minimum absolute atomic E-state index is 0.569. The third kappa shape index (κ3) is 2.47. The number of hydrogen-bond donors (Lipinski definition) is 2. The number of rotatable bonds is 4. The lowest BCUT2D eigenvalue weighted by Gasteiger charge is -2.02. The molecule has 0 aromatic carbocycles. The van der Waals surface area contributed by atoms with Crippen molar-refractivity contribution >= 4 is 22.4 Å². The number of hydrogen-bond acceptors (Lipinski definition) is 5. The van der Waals surface area contributed by atoms with Crippen LogP contribution in [0.15, 0.2) is 18.5 Å². The molecule has 0 radical (unpaired) electrons. The number of nitrogen functional groups attached to an aromatic ring is 1. The predicted molar refractivity (Wildman–Crippen MR) is 61.9 cm³/mol. The lowest BCUT2D eigenvalue weighted by atomic mass is 10.4. The minimum Gasteiger partial charge on any atom is -0.383 e. The molecule has 0 unspecified atom stereocenters. The molecule has 0 aliphatic heterocycles. The number of aromatic nitrogens is 3. The van der Waals surface area contributed by atoms with Gasteiger partial charge in [-0.05, 0) is 11.5 Å². The van der Waals surface area contributed by atoms with E-state index >= 15 is 0 Å². The molecule has 80 valence electrons. The van der Waals surface area contributed by atoms with Gasteiger partial charge in [0.2, 0.25) is 0 Å². The van der Waals surface area contributed by atoms with Crippen LogP contribution in [-0.4, -0.2) is 20.5 Å². The summed E-state index contributed by atoms with van der Waals surface area (Å²) in [7, 11) is 1.99. The van der Waals surface area contributed by atoms with E-state index in [4.69, 9.17) is 5.73 Å². The largest absolute Gasteiger partial charge is 0.383 e. The van der Waals surface area contributed by atoms with Gasteiger partial charge in [-0.15, -0.1) is 0 Å². The molecule has 5 nitrogen and oxygen atoms in total. The summed E-state index contributed by atoms with van der Waals surface area (Å²) in [6.45, 7) is 0.840. The van der Waals surface area contributed by atoms with Crippen LogP contribution in [0.1, 0.15) is 5.82 Å². The molecule has 2 rings (SSSR count). The summed E-state index contributed by atoms with van der Waals surface area (Å²) >= 11 is 1.38. The Morgan fingerprint density at radius 3 is 3.07 bits per heavy atom. The highest BCUT2D eigenvalue weighted by Gasteiger charge is 2.00. The van der Waals surface area contributed by atoms with Crippen molar-refractivity contribution in [2.24, 2.45) is 7.05 Å². The van der Waals surface area contributed by atoms with Crippen molar-refractivity contribution in [1.29, 1.82) is 0 Å². The fourth-order valence-corrected chi connectivity index (χ4v) is 1.90. The fraction of sp³-hybridized carbons (Fsp3) is 0.333. The van der Waals surface area contributed by atoms with Crippen molar-refractivity contribution in [2.75, 3.05) is 17.6 Å². The Morgan fingerprint density at radius 2 is 2.47 bits per heavy atom. The van der Waals surface area contributed by atoms with Crippen LogP contribution >= 0.6 is 11.5 Å². The van der Waals surface area contributed by atoms with E-state index < -0.39 is 0 Å². The van der Waals surface area contributed by atoms with Gasteiger partial charge in [0.25, 0.3) is 0 Å². The zero-order valence-electron chi connectivity index (χ0n) is 8.47. The number of aryl methyl sites for hydroxylation is 1. The third-order valence-corrected chi connectivity index (χ3v) is 2.86. The summed E-state index contributed by atoms with van der Waals surface area (Å²) in [4.78, 5) is 4.24. The first-order chi connectivity index (χ1) is 7.25. The molecule has 2 aromatic heterocycles. The quantitative estimate of drug-likeness (QED) is 0.814. The second-order valence-corrected chi connectivity index (χ2v) is 4.05. The van der Waals surface area contributed by atoms with E-state index in [0.29, 0.717) is 5.82 Å². The summed E-state index contributed by atoms with van der Waals surface area (Å²) < 4.78 is 6.00. The van der Waals surface area contributed by atoms with Crippen LogP contribution in [0.2, 0.25) is 0 Å². The highest BCUT2D eigenvalue weighted by molar-refractivity contribution is 7.10. The van der Waals surface area contributed by atoms with Gasteiger partial charge in [-0.25, -0.2) is 4.98 Å². The highest BCUT2D eigenvalue weighted by atomic mass is 32.1. The maximum Gasteiger partial charge on any atom is 0.139 e. The molecule has 0 bridgehead atoms. The number of anilines is 2. The van der Waals surface area contributed by atoms with E-state index in [0.717, 1.165) is 23.8 Å². The van der Waals surface area contributed by atoms with E-state index in [1.807, 2.05) is 23.9 Å². The lowest BCUT2D eigenvalue weighted by Crippen LogP contribution is -2.07. The first-order valence-electron chi connectivity index (χ1n) is 4.68. The number of nitrogens with one attached hydrogen (secondary N) is 1. The predicted octanol–water partition coefficient (Wildman–Crippen LogP) is 1.11. The van der Waals surface area contributed by atoms with Gasteiger partial charge in [0.1, 0.15) is 16.6 Å². The van der Waals surface area contributed by atoms with Gasteiger partial charge >= 0.3 is 0 Å². The normalized spacial score (nSPS) is 10.5. The van der Waals surface area contributed by atoms with Gasteiger partial charge in [-0.1, -0.05) is 0 Å². The number of nitrogens with zero attached hydrogens (tertiary/aromatic N) is 3. The van der Waals surface area contributed by atoms with E-state index in [1.165, 1.54) is 11.5 Å². The van der Waals surface area contributed by atoms with E-state index in [1.54, 1.807) is 6.20 Å². The average molecular weight is 223 g/mol. The standard InChI is InChI=1S/C9H13N5S/c1-14-5-4-11-8(14)2-3-12-9-6-7(10)13-15-9/h4-6,12H,2-3H2,1H3,(H2,10,13). The Bertz CT molecular complexity index is 433.